The quantitative estimate of drug-likeness (QED) is 0.851. The molecule has 1 aliphatic heterocycles. The maximum atomic E-state index is 12.5. The number of hydrogen-bond acceptors (Lipinski definition) is 3. The first-order valence-corrected chi connectivity index (χ1v) is 7.72. The van der Waals surface area contributed by atoms with Crippen LogP contribution in [0.2, 0.25) is 5.02 Å². The maximum Gasteiger partial charge on any atom is 0.275 e. The number of aryl methyl sites for hydroxylation is 1. The van der Waals surface area contributed by atoms with Crippen LogP contribution in [0, 0.1) is 5.92 Å². The lowest BCUT2D eigenvalue weighted by Crippen LogP contribution is -2.36. The lowest BCUT2D eigenvalue weighted by atomic mass is 10.3. The van der Waals surface area contributed by atoms with Crippen LogP contribution in [0.4, 0.5) is 0 Å². The van der Waals surface area contributed by atoms with Crippen molar-refractivity contribution in [3.05, 3.63) is 16.9 Å². The van der Waals surface area contributed by atoms with Crippen LogP contribution in [-0.4, -0.2) is 58.2 Å². The van der Waals surface area contributed by atoms with Gasteiger partial charge in [-0.2, -0.15) is 5.10 Å². The van der Waals surface area contributed by atoms with Gasteiger partial charge in [-0.05, 0) is 31.7 Å². The third kappa shape index (κ3) is 3.15. The number of halogens is 1. The van der Waals surface area contributed by atoms with Gasteiger partial charge in [0, 0.05) is 39.4 Å². The van der Waals surface area contributed by atoms with Crippen molar-refractivity contribution in [2.24, 2.45) is 13.0 Å². The van der Waals surface area contributed by atoms with Crippen LogP contribution in [0.5, 0.6) is 0 Å². The van der Waals surface area contributed by atoms with Gasteiger partial charge in [-0.1, -0.05) is 11.6 Å². The molecule has 1 aromatic rings. The second-order valence-corrected chi connectivity index (χ2v) is 6.30. The van der Waals surface area contributed by atoms with E-state index in [0.717, 1.165) is 38.5 Å². The molecule has 110 valence electrons. The molecule has 3 rings (SSSR count). The summed E-state index contributed by atoms with van der Waals surface area (Å²) in [6, 6.07) is 0. The SMILES string of the molecule is Cn1cc(Cl)c(C(=O)N2CCCN(CC3CC3)CC2)n1. The maximum absolute atomic E-state index is 12.5. The molecule has 2 heterocycles. The Labute approximate surface area is 124 Å². The molecule has 1 amide bonds. The molecule has 0 N–H and O–H groups in total. The third-order valence-corrected chi connectivity index (χ3v) is 4.35. The summed E-state index contributed by atoms with van der Waals surface area (Å²) in [4.78, 5) is 16.9. The number of carbonyl (C=O) groups excluding carboxylic acids is 1. The second-order valence-electron chi connectivity index (χ2n) is 5.89. The smallest absolute Gasteiger partial charge is 0.275 e. The van der Waals surface area contributed by atoms with Gasteiger partial charge in [0.2, 0.25) is 0 Å². The standard InChI is InChI=1S/C14H21ClN4O/c1-17-10-12(15)13(16-17)14(20)19-6-2-5-18(7-8-19)9-11-3-4-11/h10-11H,2-9H2,1H3. The van der Waals surface area contributed by atoms with E-state index in [4.69, 9.17) is 11.6 Å². The molecule has 0 aromatic carbocycles. The third-order valence-electron chi connectivity index (χ3n) is 4.08. The minimum Gasteiger partial charge on any atom is -0.336 e. The normalized spacial score (nSPS) is 21.0. The van der Waals surface area contributed by atoms with Gasteiger partial charge in [0.15, 0.2) is 5.69 Å². The first kappa shape index (κ1) is 13.9. The van der Waals surface area contributed by atoms with Gasteiger partial charge in [-0.15, -0.1) is 0 Å². The summed E-state index contributed by atoms with van der Waals surface area (Å²) < 4.78 is 1.59. The van der Waals surface area contributed by atoms with Crippen molar-refractivity contribution in [2.45, 2.75) is 19.3 Å². The largest absolute Gasteiger partial charge is 0.336 e. The van der Waals surface area contributed by atoms with E-state index in [1.54, 1.807) is 17.9 Å². The first-order valence-electron chi connectivity index (χ1n) is 7.34. The Hall–Kier alpha value is -1.07. The van der Waals surface area contributed by atoms with Crippen molar-refractivity contribution in [2.75, 3.05) is 32.7 Å². The average molecular weight is 297 g/mol. The molecule has 5 nitrogen and oxygen atoms in total. The van der Waals surface area contributed by atoms with Crippen LogP contribution in [0.25, 0.3) is 0 Å². The van der Waals surface area contributed by atoms with Crippen molar-refractivity contribution in [1.29, 1.82) is 0 Å². The van der Waals surface area contributed by atoms with E-state index in [9.17, 15) is 4.79 Å². The van der Waals surface area contributed by atoms with Crippen LogP contribution in [0.15, 0.2) is 6.20 Å². The Morgan fingerprint density at radius 1 is 1.35 bits per heavy atom. The van der Waals surface area contributed by atoms with Crippen LogP contribution in [0.3, 0.4) is 0 Å². The Bertz CT molecular complexity index is 497. The highest BCUT2D eigenvalue weighted by Gasteiger charge is 2.27. The predicted octanol–water partition coefficient (Wildman–Crippen LogP) is 1.63. The summed E-state index contributed by atoms with van der Waals surface area (Å²) in [6.07, 6.45) is 5.46. The summed E-state index contributed by atoms with van der Waals surface area (Å²) in [5.74, 6) is 0.867. The Morgan fingerprint density at radius 2 is 2.15 bits per heavy atom. The number of amides is 1. The molecule has 2 fully saturated rings. The minimum atomic E-state index is -0.0381. The summed E-state index contributed by atoms with van der Waals surface area (Å²) in [5.41, 5.74) is 0.379. The van der Waals surface area contributed by atoms with Crippen molar-refractivity contribution in [3.8, 4) is 0 Å². The molecule has 1 aromatic heterocycles. The monoisotopic (exact) mass is 296 g/mol. The fraction of sp³-hybridized carbons (Fsp3) is 0.714. The first-order chi connectivity index (χ1) is 9.63. The zero-order valence-electron chi connectivity index (χ0n) is 11.9. The lowest BCUT2D eigenvalue weighted by Gasteiger charge is -2.21. The summed E-state index contributed by atoms with van der Waals surface area (Å²) in [5, 5.41) is 4.61. The van der Waals surface area contributed by atoms with Crippen molar-refractivity contribution >= 4 is 17.5 Å². The topological polar surface area (TPSA) is 41.4 Å². The molecule has 20 heavy (non-hydrogen) atoms. The second kappa shape index (κ2) is 5.74. The van der Waals surface area contributed by atoms with E-state index in [-0.39, 0.29) is 5.91 Å². The molecular formula is C14H21ClN4O. The highest BCUT2D eigenvalue weighted by Crippen LogP contribution is 2.30. The number of rotatable bonds is 3. The van der Waals surface area contributed by atoms with E-state index >= 15 is 0 Å². The summed E-state index contributed by atoms with van der Waals surface area (Å²) in [7, 11) is 1.78. The molecule has 6 heteroatoms. The summed E-state index contributed by atoms with van der Waals surface area (Å²) >= 11 is 6.06. The Morgan fingerprint density at radius 3 is 2.80 bits per heavy atom. The average Bonchev–Trinajstić information content (AvgIpc) is 3.18. The van der Waals surface area contributed by atoms with Crippen molar-refractivity contribution in [1.82, 2.24) is 19.6 Å². The van der Waals surface area contributed by atoms with E-state index in [1.807, 2.05) is 4.90 Å². The van der Waals surface area contributed by atoms with Crippen molar-refractivity contribution in [3.63, 3.8) is 0 Å². The molecule has 0 atom stereocenters. The van der Waals surface area contributed by atoms with E-state index in [1.165, 1.54) is 19.4 Å². The number of aromatic nitrogens is 2. The van der Waals surface area contributed by atoms with Crippen molar-refractivity contribution < 1.29 is 4.79 Å². The lowest BCUT2D eigenvalue weighted by molar-refractivity contribution is 0.0754. The van der Waals surface area contributed by atoms with Gasteiger partial charge in [-0.3, -0.25) is 9.48 Å². The molecule has 2 aliphatic rings. The van der Waals surface area contributed by atoms with E-state index in [0.29, 0.717) is 10.7 Å². The van der Waals surface area contributed by atoms with Crippen LogP contribution >= 0.6 is 11.6 Å². The van der Waals surface area contributed by atoms with Gasteiger partial charge in [0.25, 0.3) is 5.91 Å². The van der Waals surface area contributed by atoms with Crippen LogP contribution in [-0.2, 0) is 7.05 Å². The summed E-state index contributed by atoms with van der Waals surface area (Å²) in [6.45, 7) is 4.83. The highest BCUT2D eigenvalue weighted by molar-refractivity contribution is 6.33. The fourth-order valence-electron chi connectivity index (χ4n) is 2.78. The molecule has 0 unspecified atom stereocenters. The van der Waals surface area contributed by atoms with Crippen LogP contribution < -0.4 is 0 Å². The van der Waals surface area contributed by atoms with Gasteiger partial charge in [0.05, 0.1) is 5.02 Å². The van der Waals surface area contributed by atoms with E-state index < -0.39 is 0 Å². The van der Waals surface area contributed by atoms with Gasteiger partial charge < -0.3 is 9.80 Å². The number of hydrogen-bond donors (Lipinski definition) is 0. The molecular weight excluding hydrogens is 276 g/mol. The van der Waals surface area contributed by atoms with E-state index in [2.05, 4.69) is 10.00 Å². The molecule has 0 bridgehead atoms. The molecule has 0 radical (unpaired) electrons. The van der Waals surface area contributed by atoms with Gasteiger partial charge >= 0.3 is 0 Å². The van der Waals surface area contributed by atoms with Gasteiger partial charge in [0.1, 0.15) is 0 Å². The zero-order valence-corrected chi connectivity index (χ0v) is 12.6. The number of nitrogens with zero attached hydrogens (tertiary/aromatic N) is 4. The number of carbonyl (C=O) groups is 1. The van der Waals surface area contributed by atoms with Gasteiger partial charge in [-0.25, -0.2) is 0 Å². The Kier molecular flexibility index (Phi) is 3.98. The minimum absolute atomic E-state index is 0.0381. The zero-order chi connectivity index (χ0) is 14.1. The molecule has 1 aliphatic carbocycles. The Balaban J connectivity index is 1.62. The molecule has 1 saturated heterocycles. The fourth-order valence-corrected chi connectivity index (χ4v) is 3.04. The molecule has 0 spiro atoms. The molecule has 1 saturated carbocycles. The van der Waals surface area contributed by atoms with Crippen LogP contribution in [0.1, 0.15) is 29.8 Å². The predicted molar refractivity (Wildman–Crippen MR) is 77.9 cm³/mol. The highest BCUT2D eigenvalue weighted by atomic mass is 35.5.